The van der Waals surface area contributed by atoms with E-state index < -0.39 is 0 Å². The molecule has 5 heteroatoms. The Morgan fingerprint density at radius 3 is 2.38 bits per heavy atom. The number of nitrogens with one attached hydrogen (secondary N) is 2. The molecule has 0 saturated carbocycles. The Morgan fingerprint density at radius 2 is 1.83 bits per heavy atom. The monoisotopic (exact) mass is 346 g/mol. The van der Waals surface area contributed by atoms with Gasteiger partial charge in [-0.3, -0.25) is 4.79 Å². The first-order valence-corrected chi connectivity index (χ1v) is 8.37. The molecule has 0 aromatic heterocycles. The third-order valence-electron chi connectivity index (χ3n) is 4.06. The van der Waals surface area contributed by atoms with Crippen LogP contribution in [0.15, 0.2) is 48.5 Å². The summed E-state index contributed by atoms with van der Waals surface area (Å²) in [5.41, 5.74) is 2.94. The molecule has 2 aromatic rings. The standard InChI is InChI=1S/C19H24ClN3O/c1-22(2)17-10-8-14(9-11-17)18(23(3)4)13-21-19(24)15-6-5-7-16(20)12-15/h5-12,18H,13H2,1-4H3,(H,21,24)/p+1/t18-/m1/s1. The second kappa shape index (κ2) is 8.18. The van der Waals surface area contributed by atoms with Gasteiger partial charge in [0.2, 0.25) is 0 Å². The Labute approximate surface area is 149 Å². The average Bonchev–Trinajstić information content (AvgIpc) is 2.55. The fraction of sp³-hybridized carbons (Fsp3) is 0.316. The zero-order valence-electron chi connectivity index (χ0n) is 14.6. The first-order chi connectivity index (χ1) is 11.4. The van der Waals surface area contributed by atoms with Crippen molar-refractivity contribution in [3.05, 3.63) is 64.7 Å². The van der Waals surface area contributed by atoms with E-state index >= 15 is 0 Å². The number of amides is 1. The highest BCUT2D eigenvalue weighted by molar-refractivity contribution is 6.30. The van der Waals surface area contributed by atoms with Crippen LogP contribution < -0.4 is 15.1 Å². The van der Waals surface area contributed by atoms with Crippen LogP contribution >= 0.6 is 11.6 Å². The summed E-state index contributed by atoms with van der Waals surface area (Å²) in [6.07, 6.45) is 0. The second-order valence-corrected chi connectivity index (χ2v) is 6.77. The summed E-state index contributed by atoms with van der Waals surface area (Å²) in [6, 6.07) is 15.6. The molecule has 4 nitrogen and oxygen atoms in total. The van der Waals surface area contributed by atoms with E-state index in [0.29, 0.717) is 17.1 Å². The summed E-state index contributed by atoms with van der Waals surface area (Å²) < 4.78 is 0. The molecule has 0 unspecified atom stereocenters. The van der Waals surface area contributed by atoms with Crippen molar-refractivity contribution in [3.63, 3.8) is 0 Å². The summed E-state index contributed by atoms with van der Waals surface area (Å²) in [5.74, 6) is -0.103. The van der Waals surface area contributed by atoms with Crippen LogP contribution in [0.5, 0.6) is 0 Å². The number of hydrogen-bond acceptors (Lipinski definition) is 2. The third kappa shape index (κ3) is 4.73. The Hall–Kier alpha value is -2.04. The Morgan fingerprint density at radius 1 is 1.17 bits per heavy atom. The van der Waals surface area contributed by atoms with E-state index in [1.807, 2.05) is 14.1 Å². The second-order valence-electron chi connectivity index (χ2n) is 6.34. The lowest BCUT2D eigenvalue weighted by atomic mass is 10.0. The molecule has 0 aliphatic carbocycles. The number of benzene rings is 2. The number of nitrogens with zero attached hydrogens (tertiary/aromatic N) is 1. The van der Waals surface area contributed by atoms with Gasteiger partial charge < -0.3 is 15.1 Å². The fourth-order valence-electron chi connectivity index (χ4n) is 2.59. The zero-order valence-corrected chi connectivity index (χ0v) is 15.4. The minimum atomic E-state index is -0.103. The molecule has 0 saturated heterocycles. The van der Waals surface area contributed by atoms with Crippen LogP contribution in [0.1, 0.15) is 22.0 Å². The van der Waals surface area contributed by atoms with Gasteiger partial charge in [-0.2, -0.15) is 0 Å². The maximum atomic E-state index is 12.3. The van der Waals surface area contributed by atoms with E-state index in [1.165, 1.54) is 10.5 Å². The van der Waals surface area contributed by atoms with E-state index in [-0.39, 0.29) is 11.9 Å². The molecule has 1 amide bonds. The molecule has 0 fully saturated rings. The van der Waals surface area contributed by atoms with Crippen molar-refractivity contribution in [1.82, 2.24) is 5.32 Å². The van der Waals surface area contributed by atoms with Gasteiger partial charge in [0.15, 0.2) is 0 Å². The molecule has 0 aliphatic rings. The zero-order chi connectivity index (χ0) is 17.7. The number of carbonyl (C=O) groups is 1. The maximum Gasteiger partial charge on any atom is 0.251 e. The first-order valence-electron chi connectivity index (χ1n) is 7.99. The van der Waals surface area contributed by atoms with Crippen molar-refractivity contribution >= 4 is 23.2 Å². The quantitative estimate of drug-likeness (QED) is 0.839. The van der Waals surface area contributed by atoms with Crippen molar-refractivity contribution in [2.24, 2.45) is 0 Å². The fourth-order valence-corrected chi connectivity index (χ4v) is 2.78. The molecular weight excluding hydrogens is 322 g/mol. The van der Waals surface area contributed by atoms with Crippen LogP contribution in [0.4, 0.5) is 5.69 Å². The Kier molecular flexibility index (Phi) is 6.23. The molecule has 2 N–H and O–H groups in total. The van der Waals surface area contributed by atoms with Gasteiger partial charge in [0, 0.05) is 35.9 Å². The number of likely N-dealkylation sites (N-methyl/N-ethyl adjacent to an activating group) is 1. The number of carbonyl (C=O) groups excluding carboxylic acids is 1. The summed E-state index contributed by atoms with van der Waals surface area (Å²) in [4.78, 5) is 15.6. The maximum absolute atomic E-state index is 12.3. The van der Waals surface area contributed by atoms with E-state index in [4.69, 9.17) is 11.6 Å². The largest absolute Gasteiger partial charge is 0.378 e. The Balaban J connectivity index is 2.07. The third-order valence-corrected chi connectivity index (χ3v) is 4.30. The highest BCUT2D eigenvalue weighted by atomic mass is 35.5. The molecule has 0 aliphatic heterocycles. The van der Waals surface area contributed by atoms with Crippen molar-refractivity contribution in [3.8, 4) is 0 Å². The number of hydrogen-bond donors (Lipinski definition) is 2. The van der Waals surface area contributed by atoms with Crippen LogP contribution in [0.3, 0.4) is 0 Å². The van der Waals surface area contributed by atoms with Crippen molar-refractivity contribution < 1.29 is 9.69 Å². The number of anilines is 1. The van der Waals surface area contributed by atoms with Gasteiger partial charge in [-0.05, 0) is 30.3 Å². The van der Waals surface area contributed by atoms with E-state index in [0.717, 1.165) is 5.69 Å². The van der Waals surface area contributed by atoms with Crippen LogP contribution in [-0.2, 0) is 0 Å². The van der Waals surface area contributed by atoms with Gasteiger partial charge in [-0.25, -0.2) is 0 Å². The molecule has 0 bridgehead atoms. The van der Waals surface area contributed by atoms with Gasteiger partial charge >= 0.3 is 0 Å². The summed E-state index contributed by atoms with van der Waals surface area (Å²) in [7, 11) is 8.23. The van der Waals surface area contributed by atoms with E-state index in [9.17, 15) is 4.79 Å². The molecule has 24 heavy (non-hydrogen) atoms. The molecule has 0 spiro atoms. The lowest BCUT2D eigenvalue weighted by Crippen LogP contribution is -3.07. The van der Waals surface area contributed by atoms with Crippen LogP contribution in [0, 0.1) is 0 Å². The summed E-state index contributed by atoms with van der Waals surface area (Å²) in [6.45, 7) is 0.564. The highest BCUT2D eigenvalue weighted by Crippen LogP contribution is 2.16. The summed E-state index contributed by atoms with van der Waals surface area (Å²) >= 11 is 5.95. The number of halogens is 1. The van der Waals surface area contributed by atoms with Gasteiger partial charge in [0.05, 0.1) is 20.6 Å². The normalized spacial score (nSPS) is 12.1. The average molecular weight is 347 g/mol. The van der Waals surface area contributed by atoms with Gasteiger partial charge in [0.1, 0.15) is 6.04 Å². The summed E-state index contributed by atoms with van der Waals surface area (Å²) in [5, 5.41) is 3.58. The van der Waals surface area contributed by atoms with Crippen LogP contribution in [0.2, 0.25) is 5.02 Å². The van der Waals surface area contributed by atoms with Crippen LogP contribution in [-0.4, -0.2) is 40.6 Å². The van der Waals surface area contributed by atoms with Gasteiger partial charge in [-0.1, -0.05) is 29.8 Å². The lowest BCUT2D eigenvalue weighted by Gasteiger charge is -2.23. The molecule has 1 atom stereocenters. The molecule has 0 radical (unpaired) electrons. The lowest BCUT2D eigenvalue weighted by molar-refractivity contribution is -0.890. The highest BCUT2D eigenvalue weighted by Gasteiger charge is 2.19. The van der Waals surface area contributed by atoms with Crippen molar-refractivity contribution in [2.45, 2.75) is 6.04 Å². The molecule has 2 aromatic carbocycles. The minimum absolute atomic E-state index is 0.103. The number of rotatable bonds is 6. The molecule has 2 rings (SSSR count). The first kappa shape index (κ1) is 18.3. The number of quaternary nitrogens is 1. The van der Waals surface area contributed by atoms with Gasteiger partial charge in [0.25, 0.3) is 5.91 Å². The predicted molar refractivity (Wildman–Crippen MR) is 100 cm³/mol. The van der Waals surface area contributed by atoms with Crippen molar-refractivity contribution in [2.75, 3.05) is 39.6 Å². The molecule has 128 valence electrons. The molecule has 0 heterocycles. The van der Waals surface area contributed by atoms with Crippen molar-refractivity contribution in [1.29, 1.82) is 0 Å². The minimum Gasteiger partial charge on any atom is -0.378 e. The van der Waals surface area contributed by atoms with Crippen LogP contribution in [0.25, 0.3) is 0 Å². The predicted octanol–water partition coefficient (Wildman–Crippen LogP) is 2.02. The molecular formula is C19H25ClN3O+. The topological polar surface area (TPSA) is 36.8 Å². The smallest absolute Gasteiger partial charge is 0.251 e. The van der Waals surface area contributed by atoms with E-state index in [1.54, 1.807) is 24.3 Å². The Bertz CT molecular complexity index is 683. The SMILES string of the molecule is CN(C)c1ccc([C@@H](CNC(=O)c2cccc(Cl)c2)[NH+](C)C)cc1. The van der Waals surface area contributed by atoms with E-state index in [2.05, 4.69) is 48.6 Å². The van der Waals surface area contributed by atoms with Gasteiger partial charge in [-0.15, -0.1) is 0 Å².